The van der Waals surface area contributed by atoms with E-state index in [4.69, 9.17) is 34.7 Å². The lowest BCUT2D eigenvalue weighted by molar-refractivity contribution is -0.193. The summed E-state index contributed by atoms with van der Waals surface area (Å²) < 4.78 is 97.4. The van der Waals surface area contributed by atoms with Gasteiger partial charge in [-0.2, -0.15) is 39.5 Å². The minimum absolute atomic E-state index is 0.286. The molecule has 5 rings (SSSR count). The number of carbonyl (C=O) groups is 3. The first-order valence-electron chi connectivity index (χ1n) is 14.3. The fourth-order valence-electron chi connectivity index (χ4n) is 4.41. The van der Waals surface area contributed by atoms with E-state index in [2.05, 4.69) is 81.8 Å². The molecule has 1 unspecified atom stereocenters. The number of fused-ring (bicyclic) bond motifs is 1. The number of likely N-dealkylation sites (N-methyl/N-ethyl adjacent to an activating group) is 1. The maximum Gasteiger partial charge on any atom is 0.490 e. The van der Waals surface area contributed by atoms with E-state index in [1.165, 1.54) is 11.1 Å². The molecule has 1 aliphatic heterocycles. The van der Waals surface area contributed by atoms with Crippen LogP contribution >= 0.6 is 0 Å². The molecule has 3 N–H and O–H groups in total. The lowest BCUT2D eigenvalue weighted by Gasteiger charge is -2.38. The molecule has 11 nitrogen and oxygen atoms in total. The molecule has 0 bridgehead atoms. The van der Waals surface area contributed by atoms with Crippen LogP contribution in [0.25, 0.3) is 16.9 Å². The minimum Gasteiger partial charge on any atom is -0.475 e. The number of hydrogen-bond acceptors (Lipinski definition) is 7. The standard InChI is InChI=1S/C25H27N5.3C2HF3O2/c1-19-5-3-6-20(15-19)16-29-14-13-28(2)24(18-29)22-17-30-23(7-4-8-25(30)27-22)21-9-11-26-12-10-21;3*3-2(4,5)1(6)7/h3-12,15,17,24H,13-14,16,18H2,1-2H3;3*(H,6,7). The van der Waals surface area contributed by atoms with E-state index in [-0.39, 0.29) is 6.04 Å². The summed E-state index contributed by atoms with van der Waals surface area (Å²) in [6.07, 6.45) is -9.36. The lowest BCUT2D eigenvalue weighted by Crippen LogP contribution is -2.46. The zero-order valence-corrected chi connectivity index (χ0v) is 26.5. The lowest BCUT2D eigenvalue weighted by atomic mass is 10.1. The van der Waals surface area contributed by atoms with Crippen molar-refractivity contribution < 1.29 is 69.2 Å². The first kappa shape index (κ1) is 41.9. The monoisotopic (exact) mass is 739 g/mol. The summed E-state index contributed by atoms with van der Waals surface area (Å²) in [6, 6.07) is 19.5. The molecule has 0 amide bonds. The Labute approximate surface area is 283 Å². The first-order chi connectivity index (χ1) is 23.5. The number of pyridine rings is 2. The van der Waals surface area contributed by atoms with E-state index < -0.39 is 36.4 Å². The number of aryl methyl sites for hydroxylation is 1. The summed E-state index contributed by atoms with van der Waals surface area (Å²) >= 11 is 0. The minimum atomic E-state index is -5.08. The molecule has 278 valence electrons. The molecule has 4 heterocycles. The van der Waals surface area contributed by atoms with Crippen LogP contribution in [0, 0.1) is 6.92 Å². The van der Waals surface area contributed by atoms with Crippen molar-refractivity contribution in [2.75, 3.05) is 26.7 Å². The molecule has 0 saturated carbocycles. The quantitative estimate of drug-likeness (QED) is 0.210. The summed E-state index contributed by atoms with van der Waals surface area (Å²) in [5.74, 6) is -8.27. The van der Waals surface area contributed by atoms with Crippen molar-refractivity contribution in [3.63, 3.8) is 0 Å². The number of carboxylic acid groups (broad SMARTS) is 3. The Bertz CT molecular complexity index is 1710. The molecular weight excluding hydrogens is 709 g/mol. The van der Waals surface area contributed by atoms with E-state index >= 15 is 0 Å². The van der Waals surface area contributed by atoms with Crippen LogP contribution < -0.4 is 0 Å². The molecule has 1 atom stereocenters. The molecule has 1 saturated heterocycles. The van der Waals surface area contributed by atoms with Gasteiger partial charge < -0.3 is 15.3 Å². The van der Waals surface area contributed by atoms with Crippen LogP contribution in [0.3, 0.4) is 0 Å². The second-order valence-electron chi connectivity index (χ2n) is 10.7. The summed E-state index contributed by atoms with van der Waals surface area (Å²) in [7, 11) is 2.21. The topological polar surface area (TPSA) is 149 Å². The average molecular weight is 740 g/mol. The normalized spacial score (nSPS) is 15.3. The number of hydrogen-bond donors (Lipinski definition) is 3. The van der Waals surface area contributed by atoms with Crippen molar-refractivity contribution in [2.45, 2.75) is 38.0 Å². The van der Waals surface area contributed by atoms with Gasteiger partial charge in [-0.15, -0.1) is 0 Å². The highest BCUT2D eigenvalue weighted by atomic mass is 19.4. The number of halogens is 9. The number of rotatable bonds is 4. The number of aliphatic carboxylic acids is 3. The Hall–Kier alpha value is -5.24. The van der Waals surface area contributed by atoms with E-state index in [1.807, 2.05) is 24.5 Å². The Morgan fingerprint density at radius 2 is 1.29 bits per heavy atom. The van der Waals surface area contributed by atoms with Crippen molar-refractivity contribution in [3.8, 4) is 11.3 Å². The van der Waals surface area contributed by atoms with Gasteiger partial charge in [-0.25, -0.2) is 19.4 Å². The molecule has 20 heteroatoms. The number of imidazole rings is 1. The Morgan fingerprint density at radius 1 is 0.784 bits per heavy atom. The SMILES string of the molecule is Cc1cccc(CN2CCN(C)C(c3cn4c(-c5ccncc5)cccc4n3)C2)c1.O=C(O)C(F)(F)F.O=C(O)C(F)(F)F.O=C(O)C(F)(F)F. The van der Waals surface area contributed by atoms with Crippen LogP contribution in [0.5, 0.6) is 0 Å². The maximum absolute atomic E-state index is 10.6. The van der Waals surface area contributed by atoms with Crippen molar-refractivity contribution in [1.29, 1.82) is 0 Å². The van der Waals surface area contributed by atoms with Crippen molar-refractivity contribution >= 4 is 23.6 Å². The average Bonchev–Trinajstić information content (AvgIpc) is 3.46. The molecule has 4 aromatic rings. The molecule has 3 aromatic heterocycles. The number of nitrogens with zero attached hydrogens (tertiary/aromatic N) is 5. The van der Waals surface area contributed by atoms with E-state index in [0.29, 0.717) is 0 Å². The van der Waals surface area contributed by atoms with Crippen molar-refractivity contribution in [1.82, 2.24) is 24.2 Å². The van der Waals surface area contributed by atoms with E-state index in [0.717, 1.165) is 48.8 Å². The Morgan fingerprint density at radius 3 is 1.78 bits per heavy atom. The second kappa shape index (κ2) is 17.6. The number of alkyl halides is 9. The summed E-state index contributed by atoms with van der Waals surface area (Å²) in [6.45, 7) is 6.26. The first-order valence-corrected chi connectivity index (χ1v) is 14.3. The van der Waals surface area contributed by atoms with Gasteiger partial charge in [-0.3, -0.25) is 19.2 Å². The zero-order valence-electron chi connectivity index (χ0n) is 26.5. The predicted octanol–water partition coefficient (Wildman–Crippen LogP) is 6.09. The molecule has 0 radical (unpaired) electrons. The van der Waals surface area contributed by atoms with Crippen molar-refractivity contribution in [2.24, 2.45) is 0 Å². The summed E-state index contributed by atoms with van der Waals surface area (Å²) in [5.41, 5.74) is 7.12. The summed E-state index contributed by atoms with van der Waals surface area (Å²) in [4.78, 5) is 40.8. The largest absolute Gasteiger partial charge is 0.490 e. The molecule has 1 aromatic carbocycles. The molecule has 1 fully saturated rings. The van der Waals surface area contributed by atoms with Gasteiger partial charge in [0, 0.05) is 50.3 Å². The third-order valence-electron chi connectivity index (χ3n) is 6.78. The third kappa shape index (κ3) is 13.5. The van der Waals surface area contributed by atoms with Crippen LogP contribution in [-0.4, -0.2) is 103 Å². The summed E-state index contributed by atoms with van der Waals surface area (Å²) in [5, 5.41) is 21.4. The number of benzene rings is 1. The van der Waals surface area contributed by atoms with Crippen LogP contribution in [0.15, 0.2) is 73.2 Å². The molecule has 0 spiro atoms. The third-order valence-corrected chi connectivity index (χ3v) is 6.78. The van der Waals surface area contributed by atoms with E-state index in [9.17, 15) is 39.5 Å². The van der Waals surface area contributed by atoms with Crippen LogP contribution in [0.4, 0.5) is 39.5 Å². The van der Waals surface area contributed by atoms with Crippen LogP contribution in [0.1, 0.15) is 22.9 Å². The van der Waals surface area contributed by atoms with Crippen LogP contribution in [0.2, 0.25) is 0 Å². The Kier molecular flexibility index (Phi) is 14.5. The van der Waals surface area contributed by atoms with Crippen LogP contribution in [-0.2, 0) is 20.9 Å². The molecule has 51 heavy (non-hydrogen) atoms. The zero-order chi connectivity index (χ0) is 38.7. The maximum atomic E-state index is 10.6. The Balaban J connectivity index is 0.000000352. The number of aromatic nitrogens is 3. The predicted molar refractivity (Wildman–Crippen MR) is 161 cm³/mol. The van der Waals surface area contributed by atoms with Gasteiger partial charge in [0.05, 0.1) is 17.4 Å². The van der Waals surface area contributed by atoms with Gasteiger partial charge in [0.15, 0.2) is 0 Å². The second-order valence-corrected chi connectivity index (χ2v) is 10.7. The van der Waals surface area contributed by atoms with Gasteiger partial charge in [-0.1, -0.05) is 35.9 Å². The molecule has 0 aliphatic carbocycles. The van der Waals surface area contributed by atoms with Gasteiger partial charge in [0.2, 0.25) is 0 Å². The number of carboxylic acids is 3. The van der Waals surface area contributed by atoms with E-state index in [1.54, 1.807) is 0 Å². The molecule has 1 aliphatic rings. The smallest absolute Gasteiger partial charge is 0.475 e. The highest BCUT2D eigenvalue weighted by Gasteiger charge is 2.39. The molecular formula is C31H30F9N5O6. The van der Waals surface area contributed by atoms with Gasteiger partial charge >= 0.3 is 36.4 Å². The fourth-order valence-corrected chi connectivity index (χ4v) is 4.41. The van der Waals surface area contributed by atoms with Gasteiger partial charge in [-0.05, 0) is 43.8 Å². The van der Waals surface area contributed by atoms with Gasteiger partial charge in [0.1, 0.15) is 5.65 Å². The van der Waals surface area contributed by atoms with Gasteiger partial charge in [0.25, 0.3) is 0 Å². The fraction of sp³-hybridized carbons (Fsp3) is 0.323. The van der Waals surface area contributed by atoms with Crippen molar-refractivity contribution in [3.05, 3.63) is 90.0 Å². The highest BCUT2D eigenvalue weighted by Crippen LogP contribution is 2.28. The highest BCUT2D eigenvalue weighted by molar-refractivity contribution is 5.73. The number of piperazine rings is 1.